The molecule has 14 atom stereocenters. The van der Waals surface area contributed by atoms with Crippen LogP contribution in [-0.2, 0) is 28.5 Å². The summed E-state index contributed by atoms with van der Waals surface area (Å²) < 4.78 is 20.8. The van der Waals surface area contributed by atoms with Gasteiger partial charge >= 0.3 is 11.9 Å². The lowest BCUT2D eigenvalue weighted by Gasteiger charge is -2.60. The molecule has 0 saturated carbocycles. The molecule has 18 heteroatoms. The smallest absolute Gasteiger partial charge is 0.317 e. The number of carboxylic acid groups (broad SMARTS) is 1. The summed E-state index contributed by atoms with van der Waals surface area (Å²) >= 11 is 0. The highest BCUT2D eigenvalue weighted by Crippen LogP contribution is 2.46. The lowest BCUT2D eigenvalue weighted by molar-refractivity contribution is -0.391. The molecule has 18 nitrogen and oxygen atoms in total. The summed E-state index contributed by atoms with van der Waals surface area (Å²) in [6.07, 6.45) is -25.7. The summed E-state index contributed by atoms with van der Waals surface area (Å²) in [5, 5.41) is 125. The topological polar surface area (TPSA) is 314 Å². The molecule has 3 aliphatic rings. The Hall–Kier alpha value is -1.62. The van der Waals surface area contributed by atoms with E-state index in [9.17, 15) is 65.8 Å². The summed E-state index contributed by atoms with van der Waals surface area (Å²) in [6, 6.07) is 0. The predicted molar refractivity (Wildman–Crippen MR) is 116 cm³/mol. The SMILES string of the molecule is O=C(O)CC(=O)OC[C@H]1OC([C@]2(O)CO[C@H](CO)[C@@H](O)[C@@]2(O)[C@H]2O[C@@H](CO)[C@H](O)[C@@H](O)[C@@H]2O)[C@H](O)[C@@H](O)[C@@H]1O. The van der Waals surface area contributed by atoms with Crippen LogP contribution in [0.3, 0.4) is 0 Å². The van der Waals surface area contributed by atoms with Crippen LogP contribution in [0.2, 0.25) is 0 Å². The molecule has 0 aromatic rings. The molecule has 3 aliphatic heterocycles. The van der Waals surface area contributed by atoms with Gasteiger partial charge in [0.15, 0.2) is 11.2 Å². The van der Waals surface area contributed by atoms with Gasteiger partial charge in [0, 0.05) is 0 Å². The molecule has 0 bridgehead atoms. The van der Waals surface area contributed by atoms with E-state index in [0.29, 0.717) is 0 Å². The number of carbonyl (C=O) groups is 2. The van der Waals surface area contributed by atoms with E-state index < -0.39 is 129 Å². The lowest BCUT2D eigenvalue weighted by atomic mass is 9.64. The molecule has 0 amide bonds. The minimum absolute atomic E-state index is 0.912. The second-order valence-electron chi connectivity index (χ2n) is 9.80. The number of ether oxygens (including phenoxy) is 4. The molecule has 0 aliphatic carbocycles. The van der Waals surface area contributed by atoms with Crippen molar-refractivity contribution in [1.82, 2.24) is 0 Å². The van der Waals surface area contributed by atoms with Gasteiger partial charge in [-0.1, -0.05) is 0 Å². The van der Waals surface area contributed by atoms with Crippen molar-refractivity contribution in [3.8, 4) is 0 Å². The Morgan fingerprint density at radius 3 is 1.79 bits per heavy atom. The maximum Gasteiger partial charge on any atom is 0.317 e. The molecule has 226 valence electrons. The Labute approximate surface area is 219 Å². The van der Waals surface area contributed by atoms with Crippen molar-refractivity contribution < 1.29 is 89.8 Å². The Morgan fingerprint density at radius 2 is 1.26 bits per heavy atom. The van der Waals surface area contributed by atoms with Crippen LogP contribution in [0.5, 0.6) is 0 Å². The highest BCUT2D eigenvalue weighted by Gasteiger charge is 2.72. The van der Waals surface area contributed by atoms with Gasteiger partial charge in [-0.25, -0.2) is 0 Å². The van der Waals surface area contributed by atoms with Gasteiger partial charge in [-0.2, -0.15) is 0 Å². The van der Waals surface area contributed by atoms with Crippen molar-refractivity contribution >= 4 is 11.9 Å². The van der Waals surface area contributed by atoms with E-state index in [1.165, 1.54) is 0 Å². The largest absolute Gasteiger partial charge is 0.481 e. The van der Waals surface area contributed by atoms with Gasteiger partial charge in [-0.05, 0) is 0 Å². The van der Waals surface area contributed by atoms with E-state index in [4.69, 9.17) is 24.1 Å². The van der Waals surface area contributed by atoms with E-state index in [1.54, 1.807) is 0 Å². The van der Waals surface area contributed by atoms with Crippen LogP contribution in [0.15, 0.2) is 0 Å². The number of hydrogen-bond acceptors (Lipinski definition) is 17. The Kier molecular flexibility index (Phi) is 9.89. The number of aliphatic hydroxyl groups excluding tert-OH is 9. The third-order valence-corrected chi connectivity index (χ3v) is 7.41. The molecule has 39 heavy (non-hydrogen) atoms. The van der Waals surface area contributed by atoms with E-state index in [1.807, 2.05) is 0 Å². The van der Waals surface area contributed by atoms with E-state index in [0.717, 1.165) is 0 Å². The molecule has 0 radical (unpaired) electrons. The highest BCUT2D eigenvalue weighted by molar-refractivity contribution is 5.90. The van der Waals surface area contributed by atoms with Gasteiger partial charge in [0.25, 0.3) is 0 Å². The second-order valence-corrected chi connectivity index (χ2v) is 9.80. The van der Waals surface area contributed by atoms with Crippen LogP contribution < -0.4 is 0 Å². The molecule has 0 spiro atoms. The number of rotatable bonds is 8. The van der Waals surface area contributed by atoms with Crippen LogP contribution >= 0.6 is 0 Å². The van der Waals surface area contributed by atoms with Crippen molar-refractivity contribution in [1.29, 1.82) is 0 Å². The molecule has 3 heterocycles. The molecular weight excluding hydrogens is 540 g/mol. The summed E-state index contributed by atoms with van der Waals surface area (Å²) in [5.74, 6) is -2.81. The van der Waals surface area contributed by atoms with Crippen molar-refractivity contribution in [2.24, 2.45) is 0 Å². The fourth-order valence-corrected chi connectivity index (χ4v) is 5.16. The van der Waals surface area contributed by atoms with Crippen molar-refractivity contribution in [2.45, 2.75) is 90.9 Å². The second kappa shape index (κ2) is 12.1. The molecule has 3 saturated heterocycles. The molecule has 0 aromatic carbocycles. The van der Waals surface area contributed by atoms with Gasteiger partial charge in [-0.15, -0.1) is 0 Å². The molecule has 3 fully saturated rings. The molecule has 0 aromatic heterocycles. The van der Waals surface area contributed by atoms with Crippen LogP contribution in [0.25, 0.3) is 0 Å². The van der Waals surface area contributed by atoms with Gasteiger partial charge in [0.05, 0.1) is 19.8 Å². The quantitative estimate of drug-likeness (QED) is 0.0945. The van der Waals surface area contributed by atoms with Gasteiger partial charge in [0.2, 0.25) is 0 Å². The molecular formula is C21H34O18. The predicted octanol–water partition coefficient (Wildman–Crippen LogP) is -8.09. The zero-order valence-electron chi connectivity index (χ0n) is 20.3. The monoisotopic (exact) mass is 574 g/mol. The maximum atomic E-state index is 11.9. The zero-order chi connectivity index (χ0) is 29.4. The van der Waals surface area contributed by atoms with Crippen molar-refractivity contribution in [3.63, 3.8) is 0 Å². The fourth-order valence-electron chi connectivity index (χ4n) is 5.16. The number of hydrogen-bond donors (Lipinski definition) is 12. The Morgan fingerprint density at radius 1 is 0.744 bits per heavy atom. The first-order valence-corrected chi connectivity index (χ1v) is 11.9. The number of carbonyl (C=O) groups excluding carboxylic acids is 1. The van der Waals surface area contributed by atoms with Gasteiger partial charge in [0.1, 0.15) is 86.3 Å². The van der Waals surface area contributed by atoms with Crippen molar-refractivity contribution in [3.05, 3.63) is 0 Å². The molecule has 3 rings (SSSR count). The van der Waals surface area contributed by atoms with Crippen LogP contribution in [0.1, 0.15) is 6.42 Å². The first kappa shape index (κ1) is 31.9. The van der Waals surface area contributed by atoms with E-state index >= 15 is 0 Å². The van der Waals surface area contributed by atoms with Crippen LogP contribution in [-0.4, -0.2) is 184 Å². The van der Waals surface area contributed by atoms with E-state index in [-0.39, 0.29) is 0 Å². The minimum Gasteiger partial charge on any atom is -0.481 e. The number of carboxylic acids is 1. The van der Waals surface area contributed by atoms with Gasteiger partial charge in [-0.3, -0.25) is 9.59 Å². The minimum atomic E-state index is -3.26. The normalized spacial score (nSPS) is 48.9. The summed E-state index contributed by atoms with van der Waals surface area (Å²) in [7, 11) is 0. The third-order valence-electron chi connectivity index (χ3n) is 7.41. The molecule has 1 unspecified atom stereocenters. The average Bonchev–Trinajstić information content (AvgIpc) is 2.88. The third kappa shape index (κ3) is 5.51. The zero-order valence-corrected chi connectivity index (χ0v) is 20.3. The van der Waals surface area contributed by atoms with E-state index in [2.05, 4.69) is 0 Å². The fraction of sp³-hybridized carbons (Fsp3) is 0.905. The number of aliphatic carboxylic acids is 1. The number of esters is 1. The number of aliphatic hydroxyl groups is 11. The summed E-state index contributed by atoms with van der Waals surface area (Å²) in [4.78, 5) is 22.3. The van der Waals surface area contributed by atoms with Crippen LogP contribution in [0.4, 0.5) is 0 Å². The summed E-state index contributed by atoms with van der Waals surface area (Å²) in [5.41, 5.74) is -6.37. The highest BCUT2D eigenvalue weighted by atomic mass is 16.6. The average molecular weight is 574 g/mol. The first-order valence-electron chi connectivity index (χ1n) is 11.9. The Balaban J connectivity index is 2.02. The summed E-state index contributed by atoms with van der Waals surface area (Å²) in [6.45, 7) is -3.95. The lowest BCUT2D eigenvalue weighted by Crippen LogP contribution is -2.85. The Bertz CT molecular complexity index is 872. The van der Waals surface area contributed by atoms with Crippen molar-refractivity contribution in [2.75, 3.05) is 26.4 Å². The first-order chi connectivity index (χ1) is 18.1. The molecule has 12 N–H and O–H groups in total. The van der Waals surface area contributed by atoms with Gasteiger partial charge < -0.3 is 80.2 Å². The van der Waals surface area contributed by atoms with Crippen LogP contribution in [0, 0.1) is 0 Å². The standard InChI is InChI=1S/C21H34O18/c22-2-6-11(27)13(29)16(32)19(38-6)21(35)17(33)7(3-23)37-5-20(21,34)18-15(31)14(30)12(28)8(39-18)4-36-10(26)1-9(24)25/h6-8,11-19,22-23,27-35H,1-5H2,(H,24,25)/t6-,7+,8+,11-,12+,13+,14-,15+,16-,17+,18?,19-,20+,21+/m0/s1. The maximum absolute atomic E-state index is 11.9.